The minimum Gasteiger partial charge on any atom is -0.469 e. The van der Waals surface area contributed by atoms with Gasteiger partial charge in [-0.05, 0) is 0 Å². The molecule has 3 rings (SSSR count). The zero-order valence-corrected chi connectivity index (χ0v) is 13.4. The Balaban J connectivity index is 1.72. The first-order valence-corrected chi connectivity index (χ1v) is 7.76. The average Bonchev–Trinajstić information content (AvgIpc) is 3.07. The molecular formula is C17H19N3O4. The lowest BCUT2D eigenvalue weighted by molar-refractivity contribution is -0.146. The van der Waals surface area contributed by atoms with Crippen LogP contribution in [0.5, 0.6) is 0 Å². The van der Waals surface area contributed by atoms with Gasteiger partial charge in [-0.2, -0.15) is 0 Å². The summed E-state index contributed by atoms with van der Waals surface area (Å²) < 4.78 is 10.5. The quantitative estimate of drug-likeness (QED) is 0.830. The number of hydrogen-bond donors (Lipinski definition) is 1. The molecule has 0 spiro atoms. The van der Waals surface area contributed by atoms with E-state index in [2.05, 4.69) is 15.0 Å². The van der Waals surface area contributed by atoms with Crippen LogP contribution in [0.1, 0.15) is 12.3 Å². The molecule has 0 radical (unpaired) electrons. The van der Waals surface area contributed by atoms with Gasteiger partial charge >= 0.3 is 5.97 Å². The fourth-order valence-corrected chi connectivity index (χ4v) is 2.71. The Kier molecular flexibility index (Phi) is 4.90. The second-order valence-corrected chi connectivity index (χ2v) is 5.54. The zero-order valence-electron chi connectivity index (χ0n) is 13.4. The van der Waals surface area contributed by atoms with Crippen LogP contribution in [-0.4, -0.2) is 48.0 Å². The Morgan fingerprint density at radius 1 is 1.42 bits per heavy atom. The maximum Gasteiger partial charge on any atom is 0.307 e. The van der Waals surface area contributed by atoms with Crippen LogP contribution in [0.3, 0.4) is 0 Å². The van der Waals surface area contributed by atoms with E-state index in [1.54, 1.807) is 6.20 Å². The SMILES string of the molecule is COC(=O)C[C@H]1C(=O)NCCN1Cc1ncc(-c2ccccc2)o1. The van der Waals surface area contributed by atoms with Gasteiger partial charge in [0, 0.05) is 18.7 Å². The molecule has 2 heterocycles. The van der Waals surface area contributed by atoms with E-state index < -0.39 is 12.0 Å². The van der Waals surface area contributed by atoms with E-state index in [1.165, 1.54) is 7.11 Å². The second kappa shape index (κ2) is 7.27. The first-order chi connectivity index (χ1) is 11.7. The third kappa shape index (κ3) is 3.62. The summed E-state index contributed by atoms with van der Waals surface area (Å²) >= 11 is 0. The molecule has 1 N–H and O–H groups in total. The Morgan fingerprint density at radius 2 is 2.21 bits per heavy atom. The Bertz CT molecular complexity index is 714. The lowest BCUT2D eigenvalue weighted by Gasteiger charge is -2.33. The standard InChI is InChI=1S/C17H19N3O4/c1-23-16(21)9-13-17(22)18-7-8-20(13)11-15-19-10-14(24-15)12-5-3-2-4-6-12/h2-6,10,13H,7-9,11H2,1H3,(H,18,22)/t13-/m0/s1. The number of piperazine rings is 1. The van der Waals surface area contributed by atoms with Crippen LogP contribution in [0, 0.1) is 0 Å². The van der Waals surface area contributed by atoms with E-state index in [9.17, 15) is 9.59 Å². The maximum absolute atomic E-state index is 12.1. The van der Waals surface area contributed by atoms with Crippen LogP contribution in [0.2, 0.25) is 0 Å². The van der Waals surface area contributed by atoms with Crippen molar-refractivity contribution >= 4 is 11.9 Å². The van der Waals surface area contributed by atoms with E-state index in [0.29, 0.717) is 31.3 Å². The van der Waals surface area contributed by atoms with Gasteiger partial charge in [0.2, 0.25) is 11.8 Å². The molecule has 2 aromatic rings. The number of benzene rings is 1. The first-order valence-electron chi connectivity index (χ1n) is 7.76. The van der Waals surface area contributed by atoms with Gasteiger partial charge < -0.3 is 14.5 Å². The van der Waals surface area contributed by atoms with Crippen molar-refractivity contribution in [3.63, 3.8) is 0 Å². The van der Waals surface area contributed by atoms with Gasteiger partial charge in [-0.25, -0.2) is 4.98 Å². The van der Waals surface area contributed by atoms with Crippen LogP contribution >= 0.6 is 0 Å². The maximum atomic E-state index is 12.1. The molecule has 1 aromatic carbocycles. The molecule has 0 unspecified atom stereocenters. The lowest BCUT2D eigenvalue weighted by atomic mass is 10.1. The normalized spacial score (nSPS) is 18.2. The van der Waals surface area contributed by atoms with Crippen molar-refractivity contribution in [2.75, 3.05) is 20.2 Å². The molecule has 126 valence electrons. The van der Waals surface area contributed by atoms with E-state index >= 15 is 0 Å². The molecule has 1 aromatic heterocycles. The number of carbonyl (C=O) groups excluding carboxylic acids is 2. The number of oxazole rings is 1. The number of esters is 1. The average molecular weight is 329 g/mol. The van der Waals surface area contributed by atoms with E-state index in [0.717, 1.165) is 5.56 Å². The number of nitrogens with one attached hydrogen (secondary N) is 1. The molecule has 1 fully saturated rings. The summed E-state index contributed by atoms with van der Waals surface area (Å²) in [6.45, 7) is 1.52. The summed E-state index contributed by atoms with van der Waals surface area (Å²) in [6.07, 6.45) is 1.68. The van der Waals surface area contributed by atoms with Gasteiger partial charge in [0.1, 0.15) is 6.04 Å². The molecule has 7 heteroatoms. The highest BCUT2D eigenvalue weighted by Gasteiger charge is 2.32. The van der Waals surface area contributed by atoms with Gasteiger partial charge in [-0.15, -0.1) is 0 Å². The van der Waals surface area contributed by atoms with Crippen LogP contribution < -0.4 is 5.32 Å². The van der Waals surface area contributed by atoms with Crippen molar-refractivity contribution in [2.45, 2.75) is 19.0 Å². The molecule has 0 bridgehead atoms. The number of hydrogen-bond acceptors (Lipinski definition) is 6. The molecule has 1 saturated heterocycles. The van der Waals surface area contributed by atoms with Gasteiger partial charge in [0.15, 0.2) is 5.76 Å². The van der Waals surface area contributed by atoms with Crippen molar-refractivity contribution in [3.05, 3.63) is 42.4 Å². The third-order valence-corrected chi connectivity index (χ3v) is 3.98. The minimum atomic E-state index is -0.571. The number of aromatic nitrogens is 1. The molecular weight excluding hydrogens is 310 g/mol. The molecule has 24 heavy (non-hydrogen) atoms. The predicted octanol–water partition coefficient (Wildman–Crippen LogP) is 1.21. The summed E-state index contributed by atoms with van der Waals surface area (Å²) in [5, 5.41) is 2.77. The summed E-state index contributed by atoms with van der Waals surface area (Å²) in [4.78, 5) is 29.8. The van der Waals surface area contributed by atoms with Crippen molar-refractivity contribution in [3.8, 4) is 11.3 Å². The van der Waals surface area contributed by atoms with E-state index in [1.807, 2.05) is 35.2 Å². The van der Waals surface area contributed by atoms with Crippen molar-refractivity contribution < 1.29 is 18.7 Å². The Labute approximate surface area is 139 Å². The molecule has 1 aliphatic rings. The fourth-order valence-electron chi connectivity index (χ4n) is 2.71. The monoisotopic (exact) mass is 329 g/mol. The lowest BCUT2D eigenvalue weighted by Crippen LogP contribution is -2.55. The summed E-state index contributed by atoms with van der Waals surface area (Å²) in [5.74, 6) is 0.593. The van der Waals surface area contributed by atoms with Crippen LogP contribution in [0.4, 0.5) is 0 Å². The Morgan fingerprint density at radius 3 is 2.96 bits per heavy atom. The molecule has 0 saturated carbocycles. The molecule has 7 nitrogen and oxygen atoms in total. The number of ether oxygens (including phenoxy) is 1. The third-order valence-electron chi connectivity index (χ3n) is 3.98. The van der Waals surface area contributed by atoms with E-state index in [-0.39, 0.29) is 12.3 Å². The van der Waals surface area contributed by atoms with Crippen LogP contribution in [0.15, 0.2) is 40.9 Å². The number of rotatable bonds is 5. The number of nitrogens with zero attached hydrogens (tertiary/aromatic N) is 2. The van der Waals surface area contributed by atoms with Crippen molar-refractivity contribution in [1.82, 2.24) is 15.2 Å². The largest absolute Gasteiger partial charge is 0.469 e. The van der Waals surface area contributed by atoms with Crippen LogP contribution in [0.25, 0.3) is 11.3 Å². The molecule has 1 atom stereocenters. The van der Waals surface area contributed by atoms with Crippen molar-refractivity contribution in [2.24, 2.45) is 0 Å². The smallest absolute Gasteiger partial charge is 0.307 e. The van der Waals surface area contributed by atoms with Gasteiger partial charge in [0.25, 0.3) is 0 Å². The summed E-state index contributed by atoms with van der Waals surface area (Å²) in [5.41, 5.74) is 0.943. The molecule has 0 aliphatic carbocycles. The fraction of sp³-hybridized carbons (Fsp3) is 0.353. The predicted molar refractivity (Wildman–Crippen MR) is 85.8 cm³/mol. The van der Waals surface area contributed by atoms with Crippen molar-refractivity contribution in [1.29, 1.82) is 0 Å². The second-order valence-electron chi connectivity index (χ2n) is 5.54. The van der Waals surface area contributed by atoms with Gasteiger partial charge in [-0.1, -0.05) is 30.3 Å². The first kappa shape index (κ1) is 16.2. The topological polar surface area (TPSA) is 84.7 Å². The van der Waals surface area contributed by atoms with Gasteiger partial charge in [-0.3, -0.25) is 14.5 Å². The highest BCUT2D eigenvalue weighted by molar-refractivity contribution is 5.87. The van der Waals surface area contributed by atoms with Crippen LogP contribution in [-0.2, 0) is 20.9 Å². The zero-order chi connectivity index (χ0) is 16.9. The highest BCUT2D eigenvalue weighted by atomic mass is 16.5. The molecule has 1 amide bonds. The Hall–Kier alpha value is -2.67. The number of carbonyl (C=O) groups is 2. The van der Waals surface area contributed by atoms with E-state index in [4.69, 9.17) is 4.42 Å². The highest BCUT2D eigenvalue weighted by Crippen LogP contribution is 2.21. The number of methoxy groups -OCH3 is 1. The summed E-state index contributed by atoms with van der Waals surface area (Å²) in [6, 6.07) is 9.11. The summed E-state index contributed by atoms with van der Waals surface area (Å²) in [7, 11) is 1.31. The number of amides is 1. The molecule has 1 aliphatic heterocycles. The van der Waals surface area contributed by atoms with Gasteiger partial charge in [0.05, 0.1) is 26.3 Å². The minimum absolute atomic E-state index is 0.00852.